The summed E-state index contributed by atoms with van der Waals surface area (Å²) in [5.41, 5.74) is 1.88. The summed E-state index contributed by atoms with van der Waals surface area (Å²) in [5, 5.41) is 15.8. The molecule has 2 aliphatic heterocycles. The van der Waals surface area contributed by atoms with Gasteiger partial charge in [-0.05, 0) is 36.3 Å². The number of fused-ring (bicyclic) bond motifs is 1. The molecule has 1 fully saturated rings. The van der Waals surface area contributed by atoms with Crippen molar-refractivity contribution in [1.82, 2.24) is 15.2 Å². The van der Waals surface area contributed by atoms with Crippen molar-refractivity contribution in [2.45, 2.75) is 31.4 Å². The van der Waals surface area contributed by atoms with Crippen LogP contribution in [0.2, 0.25) is 0 Å². The van der Waals surface area contributed by atoms with E-state index >= 15 is 0 Å². The van der Waals surface area contributed by atoms with Crippen molar-refractivity contribution in [2.75, 3.05) is 13.1 Å². The van der Waals surface area contributed by atoms with E-state index in [0.717, 1.165) is 29.6 Å². The summed E-state index contributed by atoms with van der Waals surface area (Å²) in [6.07, 6.45) is 3.26. The Kier molecular flexibility index (Phi) is 4.28. The number of nitrogens with one attached hydrogen (secondary N) is 1. The van der Waals surface area contributed by atoms with Crippen LogP contribution in [0.5, 0.6) is 0 Å². The molecule has 1 aliphatic carbocycles. The van der Waals surface area contributed by atoms with Crippen LogP contribution in [0.15, 0.2) is 40.5 Å². The van der Waals surface area contributed by atoms with Crippen LogP contribution in [-0.4, -0.2) is 45.3 Å². The Morgan fingerprint density at radius 1 is 1.46 bits per heavy atom. The molecule has 3 aliphatic rings. The molecule has 0 bridgehead atoms. The summed E-state index contributed by atoms with van der Waals surface area (Å²) in [4.78, 5) is 23.5. The van der Waals surface area contributed by atoms with Crippen LogP contribution in [0, 0.1) is 5.92 Å². The first-order valence-corrected chi connectivity index (χ1v) is 9.15. The number of hydrogen-bond donors (Lipinski definition) is 2. The second-order valence-corrected chi connectivity index (χ2v) is 7.24. The van der Waals surface area contributed by atoms with Gasteiger partial charge in [0, 0.05) is 18.4 Å². The van der Waals surface area contributed by atoms with E-state index in [1.54, 1.807) is 18.0 Å². The van der Waals surface area contributed by atoms with Crippen molar-refractivity contribution in [3.05, 3.63) is 41.2 Å². The van der Waals surface area contributed by atoms with Gasteiger partial charge in [0.1, 0.15) is 0 Å². The lowest BCUT2D eigenvalue weighted by molar-refractivity contribution is -0.122. The maximum absolute atomic E-state index is 12.6. The number of carbonyl (C=O) groups is 1. The first-order valence-electron chi connectivity index (χ1n) is 8.27. The summed E-state index contributed by atoms with van der Waals surface area (Å²) >= 11 is 1.59. The van der Waals surface area contributed by atoms with Gasteiger partial charge in [-0.1, -0.05) is 17.8 Å². The predicted octanol–water partition coefficient (Wildman–Crippen LogP) is 1.66. The van der Waals surface area contributed by atoms with E-state index in [4.69, 9.17) is 0 Å². The molecule has 24 heavy (non-hydrogen) atoms. The molecule has 2 N–H and O–H groups in total. The number of carbonyl (C=O) groups excluding carboxylic acids is 1. The fraction of sp³-hybridized carbons (Fsp3) is 0.471. The minimum Gasteiger partial charge on any atom is -0.393 e. The van der Waals surface area contributed by atoms with E-state index in [1.165, 1.54) is 0 Å². The molecule has 1 aromatic heterocycles. The van der Waals surface area contributed by atoms with Gasteiger partial charge in [0.2, 0.25) is 5.91 Å². The van der Waals surface area contributed by atoms with Crippen molar-refractivity contribution < 1.29 is 9.90 Å². The normalized spacial score (nSPS) is 26.3. The summed E-state index contributed by atoms with van der Waals surface area (Å²) in [5.74, 6) is 0.238. The smallest absolute Gasteiger partial charge is 0.226 e. The average Bonchev–Trinajstić information content (AvgIpc) is 3.16. The number of aliphatic hydroxyl groups is 1. The number of rotatable bonds is 5. The van der Waals surface area contributed by atoms with Crippen LogP contribution in [0.25, 0.3) is 0 Å². The number of aromatic nitrogens is 1. The Morgan fingerprint density at radius 3 is 3.08 bits per heavy atom. The molecule has 3 heterocycles. The molecule has 0 unspecified atom stereocenters. The Hall–Kier alpha value is -1.86. The molecule has 1 amide bonds. The van der Waals surface area contributed by atoms with Gasteiger partial charge >= 0.3 is 0 Å². The lowest BCUT2D eigenvalue weighted by atomic mass is 9.76. The molecule has 4 rings (SSSR count). The van der Waals surface area contributed by atoms with Crippen LogP contribution < -0.4 is 5.32 Å². The van der Waals surface area contributed by atoms with Gasteiger partial charge in [0.25, 0.3) is 0 Å². The molecule has 0 saturated heterocycles. The zero-order valence-electron chi connectivity index (χ0n) is 13.3. The van der Waals surface area contributed by atoms with Crippen LogP contribution >= 0.6 is 11.8 Å². The molecule has 6 nitrogen and oxygen atoms in total. The topological polar surface area (TPSA) is 77.8 Å². The van der Waals surface area contributed by atoms with E-state index in [1.807, 2.05) is 23.6 Å². The standard InChI is InChI=1S/C17H20N4O2S/c22-13-7-11(8-13)16(14-3-1-2-4-18-14)20-15(23)9-12-10-24-17-19-5-6-21(12)17/h1-4,10-11,13,16,22H,5-9H2,(H,20,23)/t11?,13?,16-/m1/s1. The Balaban J connectivity index is 1.43. The van der Waals surface area contributed by atoms with E-state index in [2.05, 4.69) is 20.2 Å². The van der Waals surface area contributed by atoms with E-state index in [0.29, 0.717) is 19.3 Å². The van der Waals surface area contributed by atoms with E-state index in [9.17, 15) is 9.90 Å². The minimum atomic E-state index is -0.254. The first-order chi connectivity index (χ1) is 11.7. The van der Waals surface area contributed by atoms with Gasteiger partial charge in [-0.25, -0.2) is 0 Å². The van der Waals surface area contributed by atoms with Crippen molar-refractivity contribution >= 4 is 22.8 Å². The quantitative estimate of drug-likeness (QED) is 0.849. The molecular formula is C17H20N4O2S. The summed E-state index contributed by atoms with van der Waals surface area (Å²) < 4.78 is 0. The second kappa shape index (κ2) is 6.57. The highest BCUT2D eigenvalue weighted by molar-refractivity contribution is 8.16. The molecule has 0 spiro atoms. The third-order valence-corrected chi connectivity index (χ3v) is 5.68. The van der Waals surface area contributed by atoms with Gasteiger partial charge in [0.15, 0.2) is 5.17 Å². The number of aliphatic imine (C=N–C) groups is 1. The lowest BCUT2D eigenvalue weighted by Gasteiger charge is -2.37. The fourth-order valence-corrected chi connectivity index (χ4v) is 4.35. The largest absolute Gasteiger partial charge is 0.393 e. The zero-order valence-corrected chi connectivity index (χ0v) is 14.1. The fourth-order valence-electron chi connectivity index (χ4n) is 3.40. The number of amidine groups is 1. The van der Waals surface area contributed by atoms with Gasteiger partial charge in [-0.2, -0.15) is 0 Å². The van der Waals surface area contributed by atoms with Crippen molar-refractivity contribution in [1.29, 1.82) is 0 Å². The van der Waals surface area contributed by atoms with Crippen molar-refractivity contribution in [3.8, 4) is 0 Å². The van der Waals surface area contributed by atoms with Crippen LogP contribution in [0.4, 0.5) is 0 Å². The number of thioether (sulfide) groups is 1. The van der Waals surface area contributed by atoms with Crippen molar-refractivity contribution in [3.63, 3.8) is 0 Å². The average molecular weight is 344 g/mol. The molecule has 7 heteroatoms. The maximum atomic E-state index is 12.6. The molecule has 1 atom stereocenters. The molecule has 0 aromatic carbocycles. The number of hydrogen-bond acceptors (Lipinski definition) is 6. The highest BCUT2D eigenvalue weighted by Crippen LogP contribution is 2.38. The summed E-state index contributed by atoms with van der Waals surface area (Å²) in [6, 6.07) is 5.60. The Bertz CT molecular complexity index is 685. The van der Waals surface area contributed by atoms with Crippen LogP contribution in [0.1, 0.15) is 31.0 Å². The molecular weight excluding hydrogens is 324 g/mol. The van der Waals surface area contributed by atoms with Gasteiger partial charge in [0.05, 0.1) is 30.8 Å². The van der Waals surface area contributed by atoms with Crippen molar-refractivity contribution in [2.24, 2.45) is 10.9 Å². The number of aliphatic hydroxyl groups excluding tert-OH is 1. The molecule has 1 saturated carbocycles. The van der Waals surface area contributed by atoms with Gasteiger partial charge < -0.3 is 15.3 Å². The molecule has 1 aromatic rings. The highest BCUT2D eigenvalue weighted by Gasteiger charge is 2.37. The third kappa shape index (κ3) is 3.06. The van der Waals surface area contributed by atoms with E-state index in [-0.39, 0.29) is 24.0 Å². The minimum absolute atomic E-state index is 0.00737. The van der Waals surface area contributed by atoms with Gasteiger partial charge in [-0.3, -0.25) is 14.8 Å². The SMILES string of the molecule is O=C(CC1=CSC2=NCCN12)N[C@@H](c1ccccn1)C1CC(O)C1. The highest BCUT2D eigenvalue weighted by atomic mass is 32.2. The van der Waals surface area contributed by atoms with Crippen LogP contribution in [0.3, 0.4) is 0 Å². The third-order valence-electron chi connectivity index (χ3n) is 4.73. The number of amides is 1. The zero-order chi connectivity index (χ0) is 16.5. The second-order valence-electron chi connectivity index (χ2n) is 6.40. The first kappa shape index (κ1) is 15.7. The van der Waals surface area contributed by atoms with Crippen LogP contribution in [-0.2, 0) is 4.79 Å². The van der Waals surface area contributed by atoms with Gasteiger partial charge in [-0.15, -0.1) is 0 Å². The van der Waals surface area contributed by atoms with E-state index < -0.39 is 0 Å². The Morgan fingerprint density at radius 2 is 2.33 bits per heavy atom. The molecule has 126 valence electrons. The monoisotopic (exact) mass is 344 g/mol. The Labute approximate surface area is 145 Å². The number of nitrogens with zero attached hydrogens (tertiary/aromatic N) is 3. The lowest BCUT2D eigenvalue weighted by Crippen LogP contribution is -2.42. The summed E-state index contributed by atoms with van der Waals surface area (Å²) in [7, 11) is 0. The summed E-state index contributed by atoms with van der Waals surface area (Å²) in [6.45, 7) is 1.66. The number of pyridine rings is 1. The predicted molar refractivity (Wildman–Crippen MR) is 93.2 cm³/mol. The maximum Gasteiger partial charge on any atom is 0.226 e. The molecule has 0 radical (unpaired) electrons.